The van der Waals surface area contributed by atoms with Crippen LogP contribution in [0.15, 0.2) is 36.4 Å². The van der Waals surface area contributed by atoms with Gasteiger partial charge in [-0.05, 0) is 30.3 Å². The first-order valence-electron chi connectivity index (χ1n) is 7.18. The summed E-state index contributed by atoms with van der Waals surface area (Å²) in [6.07, 6.45) is -0.282. The predicted octanol–water partition coefficient (Wildman–Crippen LogP) is 3.09. The third-order valence-corrected chi connectivity index (χ3v) is 4.12. The highest BCUT2D eigenvalue weighted by Gasteiger charge is 2.31. The molecule has 1 aliphatic heterocycles. The number of carbonyl (C=O) groups is 2. The summed E-state index contributed by atoms with van der Waals surface area (Å²) < 4.78 is 5.02. The van der Waals surface area contributed by atoms with Crippen LogP contribution in [0.4, 0.5) is 17.1 Å². The number of aromatic hydroxyl groups is 1. The molecule has 2 aromatic rings. The van der Waals surface area contributed by atoms with Gasteiger partial charge in [0.05, 0.1) is 24.2 Å². The minimum atomic E-state index is -0.405. The number of phenolic OH excluding ortho intramolecular Hbond substituents is 1. The predicted molar refractivity (Wildman–Crippen MR) is 91.3 cm³/mol. The molecule has 3 rings (SSSR count). The Morgan fingerprint density at radius 3 is 2.50 bits per heavy atom. The molecule has 1 N–H and O–H groups in total. The van der Waals surface area contributed by atoms with Crippen molar-refractivity contribution in [3.05, 3.63) is 41.4 Å². The third-order valence-electron chi connectivity index (χ3n) is 3.89. The van der Waals surface area contributed by atoms with Crippen LogP contribution in [0.3, 0.4) is 0 Å². The van der Waals surface area contributed by atoms with Gasteiger partial charge in [0, 0.05) is 18.1 Å². The fraction of sp³-hybridized carbons (Fsp3) is 0.176. The molecule has 0 aliphatic carbocycles. The van der Waals surface area contributed by atoms with E-state index in [1.54, 1.807) is 37.4 Å². The SMILES string of the molecule is COc1ccc(N2C(=O)CC(=O)N(C)c3ccc(Cl)cc32)cc1O. The highest BCUT2D eigenvalue weighted by atomic mass is 35.5. The zero-order valence-electron chi connectivity index (χ0n) is 13.1. The number of hydrogen-bond donors (Lipinski definition) is 1. The van der Waals surface area contributed by atoms with E-state index in [2.05, 4.69) is 0 Å². The van der Waals surface area contributed by atoms with E-state index in [4.69, 9.17) is 16.3 Å². The Hall–Kier alpha value is -2.73. The van der Waals surface area contributed by atoms with E-state index in [1.165, 1.54) is 23.0 Å². The molecular formula is C17H15ClN2O4. The Morgan fingerprint density at radius 2 is 1.83 bits per heavy atom. The molecule has 0 radical (unpaired) electrons. The number of rotatable bonds is 2. The van der Waals surface area contributed by atoms with Crippen molar-refractivity contribution in [2.45, 2.75) is 6.42 Å². The lowest BCUT2D eigenvalue weighted by Gasteiger charge is -2.24. The molecule has 1 heterocycles. The Bertz CT molecular complexity index is 837. The van der Waals surface area contributed by atoms with Gasteiger partial charge in [-0.3, -0.25) is 14.5 Å². The van der Waals surface area contributed by atoms with E-state index < -0.39 is 5.91 Å². The largest absolute Gasteiger partial charge is 0.504 e. The number of nitrogens with zero attached hydrogens (tertiary/aromatic N) is 2. The van der Waals surface area contributed by atoms with Gasteiger partial charge in [-0.2, -0.15) is 0 Å². The molecule has 124 valence electrons. The van der Waals surface area contributed by atoms with E-state index in [0.29, 0.717) is 27.8 Å². The number of fused-ring (bicyclic) bond motifs is 1. The van der Waals surface area contributed by atoms with Crippen LogP contribution >= 0.6 is 11.6 Å². The zero-order chi connectivity index (χ0) is 17.4. The zero-order valence-corrected chi connectivity index (χ0v) is 13.9. The summed E-state index contributed by atoms with van der Waals surface area (Å²) in [6.45, 7) is 0. The number of benzene rings is 2. The normalized spacial score (nSPS) is 14.5. The third kappa shape index (κ3) is 2.65. The number of carbonyl (C=O) groups excluding carboxylic acids is 2. The van der Waals surface area contributed by atoms with Gasteiger partial charge in [0.1, 0.15) is 6.42 Å². The molecule has 0 atom stereocenters. The van der Waals surface area contributed by atoms with Crippen molar-refractivity contribution >= 4 is 40.5 Å². The Labute approximate surface area is 143 Å². The minimum Gasteiger partial charge on any atom is -0.504 e. The summed E-state index contributed by atoms with van der Waals surface area (Å²) in [5.41, 5.74) is 1.46. The van der Waals surface area contributed by atoms with Gasteiger partial charge in [0.2, 0.25) is 11.8 Å². The average molecular weight is 347 g/mol. The van der Waals surface area contributed by atoms with Crippen LogP contribution in [-0.2, 0) is 9.59 Å². The number of amides is 2. The molecular weight excluding hydrogens is 332 g/mol. The molecule has 2 aromatic carbocycles. The molecule has 0 unspecified atom stereocenters. The van der Waals surface area contributed by atoms with Crippen molar-refractivity contribution in [2.24, 2.45) is 0 Å². The fourth-order valence-electron chi connectivity index (χ4n) is 2.66. The molecule has 0 saturated carbocycles. The van der Waals surface area contributed by atoms with Crippen LogP contribution in [0.1, 0.15) is 6.42 Å². The van der Waals surface area contributed by atoms with Crippen LogP contribution in [0.5, 0.6) is 11.5 Å². The van der Waals surface area contributed by atoms with E-state index in [-0.39, 0.29) is 18.1 Å². The second-order valence-corrected chi connectivity index (χ2v) is 5.78. The van der Waals surface area contributed by atoms with Crippen LogP contribution < -0.4 is 14.5 Å². The highest BCUT2D eigenvalue weighted by molar-refractivity contribution is 6.31. The van der Waals surface area contributed by atoms with Crippen LogP contribution in [-0.4, -0.2) is 31.1 Å². The van der Waals surface area contributed by atoms with Gasteiger partial charge in [-0.25, -0.2) is 0 Å². The van der Waals surface area contributed by atoms with E-state index >= 15 is 0 Å². The smallest absolute Gasteiger partial charge is 0.241 e. The lowest BCUT2D eigenvalue weighted by atomic mass is 10.2. The topological polar surface area (TPSA) is 70.1 Å². The molecule has 0 fully saturated rings. The maximum Gasteiger partial charge on any atom is 0.241 e. The Balaban J connectivity index is 2.20. The van der Waals surface area contributed by atoms with Crippen molar-refractivity contribution in [2.75, 3.05) is 24.0 Å². The van der Waals surface area contributed by atoms with Gasteiger partial charge in [0.25, 0.3) is 0 Å². The van der Waals surface area contributed by atoms with Crippen molar-refractivity contribution in [1.82, 2.24) is 0 Å². The molecule has 0 saturated heterocycles. The maximum absolute atomic E-state index is 12.6. The fourth-order valence-corrected chi connectivity index (χ4v) is 2.82. The summed E-state index contributed by atoms with van der Waals surface area (Å²) in [5, 5.41) is 10.5. The van der Waals surface area contributed by atoms with Gasteiger partial charge in [0.15, 0.2) is 11.5 Å². The lowest BCUT2D eigenvalue weighted by molar-refractivity contribution is -0.125. The van der Waals surface area contributed by atoms with Gasteiger partial charge >= 0.3 is 0 Å². The summed E-state index contributed by atoms with van der Waals surface area (Å²) in [7, 11) is 3.05. The first-order chi connectivity index (χ1) is 11.4. The van der Waals surface area contributed by atoms with Crippen molar-refractivity contribution < 1.29 is 19.4 Å². The molecule has 6 nitrogen and oxygen atoms in total. The van der Waals surface area contributed by atoms with Gasteiger partial charge in [-0.15, -0.1) is 0 Å². The van der Waals surface area contributed by atoms with E-state index in [9.17, 15) is 14.7 Å². The summed E-state index contributed by atoms with van der Waals surface area (Å²) in [6, 6.07) is 9.56. The maximum atomic E-state index is 12.6. The Kier molecular flexibility index (Phi) is 4.07. The molecule has 0 bridgehead atoms. The standard InChI is InChI=1S/C17H15ClN2O4/c1-19-12-5-3-10(18)7-13(12)20(17(23)9-16(19)22)11-4-6-15(24-2)14(21)8-11/h3-8,21H,9H2,1-2H3. The van der Waals surface area contributed by atoms with E-state index in [0.717, 1.165) is 0 Å². The molecule has 7 heteroatoms. The molecule has 0 spiro atoms. The highest BCUT2D eigenvalue weighted by Crippen LogP contribution is 2.41. The Morgan fingerprint density at radius 1 is 1.08 bits per heavy atom. The number of anilines is 3. The summed E-state index contributed by atoms with van der Waals surface area (Å²) in [4.78, 5) is 27.6. The summed E-state index contributed by atoms with van der Waals surface area (Å²) >= 11 is 6.08. The number of methoxy groups -OCH3 is 1. The first kappa shape index (κ1) is 16.1. The number of ether oxygens (including phenoxy) is 1. The quantitative estimate of drug-likeness (QED) is 0.848. The number of halogens is 1. The molecule has 1 aliphatic rings. The van der Waals surface area contributed by atoms with Crippen molar-refractivity contribution in [3.63, 3.8) is 0 Å². The molecule has 24 heavy (non-hydrogen) atoms. The lowest BCUT2D eigenvalue weighted by Crippen LogP contribution is -2.28. The second-order valence-electron chi connectivity index (χ2n) is 5.35. The first-order valence-corrected chi connectivity index (χ1v) is 7.56. The number of phenols is 1. The minimum absolute atomic E-state index is 0.102. The monoisotopic (exact) mass is 346 g/mol. The van der Waals surface area contributed by atoms with Gasteiger partial charge in [-0.1, -0.05) is 11.6 Å². The van der Waals surface area contributed by atoms with E-state index in [1.807, 2.05) is 0 Å². The van der Waals surface area contributed by atoms with Crippen molar-refractivity contribution in [3.8, 4) is 11.5 Å². The van der Waals surface area contributed by atoms with Crippen molar-refractivity contribution in [1.29, 1.82) is 0 Å². The van der Waals surface area contributed by atoms with Crippen LogP contribution in [0.25, 0.3) is 0 Å². The number of hydrogen-bond acceptors (Lipinski definition) is 4. The average Bonchev–Trinajstić information content (AvgIpc) is 2.62. The summed E-state index contributed by atoms with van der Waals surface area (Å²) in [5.74, 6) is -0.530. The van der Waals surface area contributed by atoms with Crippen LogP contribution in [0, 0.1) is 0 Å². The van der Waals surface area contributed by atoms with Gasteiger partial charge < -0.3 is 14.7 Å². The molecule has 0 aromatic heterocycles. The second kappa shape index (κ2) is 6.05. The molecule has 2 amide bonds. The van der Waals surface area contributed by atoms with Crippen LogP contribution in [0.2, 0.25) is 5.02 Å².